The number of carbonyl (C=O) groups excluding carboxylic acids is 1. The molecule has 0 saturated heterocycles. The lowest BCUT2D eigenvalue weighted by atomic mass is 10.0. The van der Waals surface area contributed by atoms with Crippen molar-refractivity contribution in [2.45, 2.75) is 96.8 Å². The second kappa shape index (κ2) is 19.2. The van der Waals surface area contributed by atoms with Crippen LogP contribution in [0, 0.1) is 0 Å². The molecule has 0 aliphatic carbocycles. The van der Waals surface area contributed by atoms with Crippen LogP contribution in [0.4, 0.5) is 0 Å². The molecule has 3 nitrogen and oxygen atoms in total. The number of rotatable bonds is 17. The van der Waals surface area contributed by atoms with Crippen LogP contribution in [0.3, 0.4) is 0 Å². The molecule has 0 radical (unpaired) electrons. The van der Waals surface area contributed by atoms with E-state index in [0.717, 1.165) is 19.3 Å². The fraction of sp³-hybridized carbons (Fsp3) is 0.850. The summed E-state index contributed by atoms with van der Waals surface area (Å²) in [6.45, 7) is 2.33. The topological polar surface area (TPSA) is 46.5 Å². The van der Waals surface area contributed by atoms with E-state index in [9.17, 15) is 4.79 Å². The summed E-state index contributed by atoms with van der Waals surface area (Å²) in [5, 5.41) is 8.64. The Kier molecular flexibility index (Phi) is 18.5. The predicted octanol–water partition coefficient (Wildman–Crippen LogP) is 5.56. The normalized spacial score (nSPS) is 11.2. The quantitative estimate of drug-likeness (QED) is 0.216. The van der Waals surface area contributed by atoms with Crippen molar-refractivity contribution in [3.8, 4) is 0 Å². The van der Waals surface area contributed by atoms with Gasteiger partial charge in [0.15, 0.2) is 0 Å². The average molecular weight is 327 g/mol. The minimum Gasteiger partial charge on any atom is -0.466 e. The lowest BCUT2D eigenvalue weighted by Crippen LogP contribution is -2.00. The average Bonchev–Trinajstić information content (AvgIpc) is 2.53. The van der Waals surface area contributed by atoms with Crippen molar-refractivity contribution in [3.63, 3.8) is 0 Å². The fourth-order valence-electron chi connectivity index (χ4n) is 2.66. The summed E-state index contributed by atoms with van der Waals surface area (Å²) in [6, 6.07) is 0. The van der Waals surface area contributed by atoms with Gasteiger partial charge in [0, 0.05) is 13.5 Å². The molecule has 0 saturated carbocycles. The van der Waals surface area contributed by atoms with E-state index in [2.05, 4.69) is 12.2 Å². The van der Waals surface area contributed by atoms with Gasteiger partial charge in [-0.2, -0.15) is 0 Å². The molecule has 23 heavy (non-hydrogen) atoms. The third kappa shape index (κ3) is 21.2. The zero-order valence-corrected chi connectivity index (χ0v) is 15.2. The monoisotopic (exact) mass is 326 g/mol. The number of hydrogen-bond donors (Lipinski definition) is 1. The van der Waals surface area contributed by atoms with Gasteiger partial charge >= 0.3 is 5.97 Å². The summed E-state index contributed by atoms with van der Waals surface area (Å²) >= 11 is 0. The Morgan fingerprint density at radius 1 is 0.739 bits per heavy atom. The lowest BCUT2D eigenvalue weighted by molar-refractivity contribution is -0.141. The smallest absolute Gasteiger partial charge is 0.302 e. The van der Waals surface area contributed by atoms with Crippen LogP contribution < -0.4 is 0 Å². The number of unbranched alkanes of at least 4 members (excludes halogenated alkanes) is 12. The molecule has 1 N–H and O–H groups in total. The molecular weight excluding hydrogens is 288 g/mol. The molecule has 0 aromatic rings. The van der Waals surface area contributed by atoms with Crippen molar-refractivity contribution in [2.75, 3.05) is 13.2 Å². The summed E-state index contributed by atoms with van der Waals surface area (Å²) in [5.41, 5.74) is 0. The Morgan fingerprint density at radius 2 is 1.17 bits per heavy atom. The first-order valence-corrected chi connectivity index (χ1v) is 9.66. The highest BCUT2D eigenvalue weighted by Crippen LogP contribution is 2.12. The van der Waals surface area contributed by atoms with Gasteiger partial charge in [-0.05, 0) is 25.7 Å². The molecule has 0 heterocycles. The highest BCUT2D eigenvalue weighted by molar-refractivity contribution is 5.65. The van der Waals surface area contributed by atoms with Gasteiger partial charge in [-0.1, -0.05) is 76.4 Å². The molecule has 0 aromatic carbocycles. The SMILES string of the molecule is CC(=O)OCCCCCCCCCCCCCC/C=C\CCO. The second-order valence-electron chi connectivity index (χ2n) is 6.36. The Bertz CT molecular complexity index is 274. The van der Waals surface area contributed by atoms with Gasteiger partial charge < -0.3 is 9.84 Å². The third-order valence-corrected chi connectivity index (χ3v) is 4.03. The summed E-state index contributed by atoms with van der Waals surface area (Å²) in [5.74, 6) is -0.164. The van der Waals surface area contributed by atoms with Crippen LogP contribution in [-0.4, -0.2) is 24.3 Å². The van der Waals surface area contributed by atoms with E-state index in [1.54, 1.807) is 0 Å². The van der Waals surface area contributed by atoms with Crippen LogP contribution in [0.25, 0.3) is 0 Å². The molecule has 0 amide bonds. The molecule has 0 aromatic heterocycles. The minimum atomic E-state index is -0.164. The standard InChI is InChI=1S/C20H38O3/c1-20(22)23-19-17-15-13-11-9-7-5-3-2-4-6-8-10-12-14-16-18-21/h12,14,21H,2-11,13,15-19H2,1H3/b14-12-. The van der Waals surface area contributed by atoms with Crippen LogP contribution >= 0.6 is 0 Å². The molecule has 3 heteroatoms. The van der Waals surface area contributed by atoms with Crippen LogP contribution in [-0.2, 0) is 9.53 Å². The predicted molar refractivity (Wildman–Crippen MR) is 97.5 cm³/mol. The number of allylic oxidation sites excluding steroid dienone is 1. The van der Waals surface area contributed by atoms with E-state index in [-0.39, 0.29) is 12.6 Å². The Balaban J connectivity index is 3.01. The first-order valence-electron chi connectivity index (χ1n) is 9.66. The van der Waals surface area contributed by atoms with Gasteiger partial charge in [-0.3, -0.25) is 4.79 Å². The van der Waals surface area contributed by atoms with E-state index >= 15 is 0 Å². The molecule has 0 fully saturated rings. The molecular formula is C20H38O3. The van der Waals surface area contributed by atoms with Gasteiger partial charge in [0.25, 0.3) is 0 Å². The van der Waals surface area contributed by atoms with Crippen molar-refractivity contribution >= 4 is 5.97 Å². The zero-order valence-electron chi connectivity index (χ0n) is 15.2. The molecule has 136 valence electrons. The highest BCUT2D eigenvalue weighted by atomic mass is 16.5. The van der Waals surface area contributed by atoms with E-state index in [0.29, 0.717) is 6.61 Å². The number of esters is 1. The van der Waals surface area contributed by atoms with Crippen molar-refractivity contribution in [1.82, 2.24) is 0 Å². The van der Waals surface area contributed by atoms with Gasteiger partial charge in [-0.25, -0.2) is 0 Å². The Hall–Kier alpha value is -0.830. The summed E-state index contributed by atoms with van der Waals surface area (Å²) < 4.78 is 4.91. The molecule has 0 aliphatic rings. The Morgan fingerprint density at radius 3 is 1.65 bits per heavy atom. The summed E-state index contributed by atoms with van der Waals surface area (Å²) in [7, 11) is 0. The van der Waals surface area contributed by atoms with E-state index in [1.807, 2.05) is 0 Å². The van der Waals surface area contributed by atoms with Crippen molar-refractivity contribution in [1.29, 1.82) is 0 Å². The van der Waals surface area contributed by atoms with Gasteiger partial charge in [-0.15, -0.1) is 0 Å². The molecule has 0 rings (SSSR count). The minimum absolute atomic E-state index is 0.164. The van der Waals surface area contributed by atoms with Crippen LogP contribution in [0.15, 0.2) is 12.2 Å². The van der Waals surface area contributed by atoms with Crippen LogP contribution in [0.2, 0.25) is 0 Å². The maximum Gasteiger partial charge on any atom is 0.302 e. The number of hydrogen-bond acceptors (Lipinski definition) is 3. The van der Waals surface area contributed by atoms with Gasteiger partial charge in [0.1, 0.15) is 0 Å². The summed E-state index contributed by atoms with van der Waals surface area (Å²) in [4.78, 5) is 10.6. The van der Waals surface area contributed by atoms with E-state index < -0.39 is 0 Å². The molecule has 0 bridgehead atoms. The van der Waals surface area contributed by atoms with E-state index in [4.69, 9.17) is 9.84 Å². The van der Waals surface area contributed by atoms with Crippen LogP contribution in [0.5, 0.6) is 0 Å². The highest BCUT2D eigenvalue weighted by Gasteiger charge is 1.95. The Labute approximate surface area is 143 Å². The zero-order chi connectivity index (χ0) is 17.0. The maximum atomic E-state index is 10.6. The van der Waals surface area contributed by atoms with Gasteiger partial charge in [0.2, 0.25) is 0 Å². The maximum absolute atomic E-state index is 10.6. The van der Waals surface area contributed by atoms with Crippen molar-refractivity contribution in [2.24, 2.45) is 0 Å². The second-order valence-corrected chi connectivity index (χ2v) is 6.36. The van der Waals surface area contributed by atoms with Crippen LogP contribution in [0.1, 0.15) is 96.8 Å². The number of aliphatic hydroxyl groups is 1. The van der Waals surface area contributed by atoms with Gasteiger partial charge in [0.05, 0.1) is 6.61 Å². The first kappa shape index (κ1) is 22.2. The fourth-order valence-corrected chi connectivity index (χ4v) is 2.66. The number of aliphatic hydroxyl groups excluding tert-OH is 1. The van der Waals surface area contributed by atoms with Crippen molar-refractivity contribution in [3.05, 3.63) is 12.2 Å². The molecule has 0 atom stereocenters. The number of carbonyl (C=O) groups is 1. The molecule has 0 aliphatic heterocycles. The number of ether oxygens (including phenoxy) is 1. The molecule has 0 unspecified atom stereocenters. The first-order chi connectivity index (χ1) is 11.3. The van der Waals surface area contributed by atoms with E-state index in [1.165, 1.54) is 77.6 Å². The lowest BCUT2D eigenvalue weighted by Gasteiger charge is -2.03. The van der Waals surface area contributed by atoms with Crippen molar-refractivity contribution < 1.29 is 14.6 Å². The largest absolute Gasteiger partial charge is 0.466 e. The summed E-state index contributed by atoms with van der Waals surface area (Å²) in [6.07, 6.45) is 21.9. The third-order valence-electron chi connectivity index (χ3n) is 4.03. The molecule has 0 spiro atoms.